The van der Waals surface area contributed by atoms with Crippen LogP contribution >= 0.6 is 0 Å². The van der Waals surface area contributed by atoms with Gasteiger partial charge in [0.05, 0.1) is 0 Å². The molecule has 1 amide bonds. The van der Waals surface area contributed by atoms with Gasteiger partial charge in [-0.15, -0.1) is 0 Å². The fourth-order valence-electron chi connectivity index (χ4n) is 2.76. The molecule has 1 aliphatic rings. The van der Waals surface area contributed by atoms with E-state index < -0.39 is 0 Å². The molecule has 0 bridgehead atoms. The highest BCUT2D eigenvalue weighted by Crippen LogP contribution is 2.39. The van der Waals surface area contributed by atoms with Gasteiger partial charge in [-0.3, -0.25) is 4.79 Å². The molecule has 1 atom stereocenters. The molecular weight excluding hydrogens is 224 g/mol. The van der Waals surface area contributed by atoms with Gasteiger partial charge in [-0.2, -0.15) is 0 Å². The Kier molecular flexibility index (Phi) is 3.71. The van der Waals surface area contributed by atoms with Gasteiger partial charge in [-0.1, -0.05) is 12.1 Å². The highest BCUT2D eigenvalue weighted by molar-refractivity contribution is 5.97. The number of hydrogen-bond donors (Lipinski definition) is 1. The van der Waals surface area contributed by atoms with E-state index in [1.807, 2.05) is 19.0 Å². The van der Waals surface area contributed by atoms with Gasteiger partial charge in [-0.25, -0.2) is 0 Å². The minimum absolute atomic E-state index is 0.234. The fraction of sp³-hybridized carbons (Fsp3) is 0.533. The van der Waals surface area contributed by atoms with E-state index in [1.165, 1.54) is 16.7 Å². The largest absolute Gasteiger partial charge is 0.320 e. The minimum atomic E-state index is 0.234. The molecule has 0 fully saturated rings. The van der Waals surface area contributed by atoms with Crippen LogP contribution in [0.2, 0.25) is 0 Å². The molecule has 1 unspecified atom stereocenters. The maximum absolute atomic E-state index is 12.1. The summed E-state index contributed by atoms with van der Waals surface area (Å²) in [5.41, 5.74) is 4.95. The number of fused-ring (bicyclic) bond motifs is 1. The molecule has 0 spiro atoms. The second kappa shape index (κ2) is 5.11. The number of rotatable bonds is 3. The van der Waals surface area contributed by atoms with Crippen LogP contribution in [0.15, 0.2) is 12.1 Å². The molecule has 18 heavy (non-hydrogen) atoms. The zero-order valence-corrected chi connectivity index (χ0v) is 11.7. The second-order valence-electron chi connectivity index (χ2n) is 5.19. The molecule has 2 rings (SSSR count). The summed E-state index contributed by atoms with van der Waals surface area (Å²) in [5, 5.41) is 3.17. The van der Waals surface area contributed by atoms with E-state index in [0.717, 1.165) is 18.7 Å². The monoisotopic (exact) mass is 246 g/mol. The van der Waals surface area contributed by atoms with Crippen molar-refractivity contribution in [2.75, 3.05) is 25.5 Å². The third kappa shape index (κ3) is 2.15. The lowest BCUT2D eigenvalue weighted by Crippen LogP contribution is -2.34. The summed E-state index contributed by atoms with van der Waals surface area (Å²) in [6.45, 7) is 5.16. The van der Waals surface area contributed by atoms with E-state index in [-0.39, 0.29) is 5.91 Å². The van der Waals surface area contributed by atoms with Crippen molar-refractivity contribution in [3.63, 3.8) is 0 Å². The van der Waals surface area contributed by atoms with Gasteiger partial charge < -0.3 is 10.2 Å². The molecule has 1 aliphatic heterocycles. The summed E-state index contributed by atoms with van der Waals surface area (Å²) < 4.78 is 0. The molecule has 1 aromatic carbocycles. The summed E-state index contributed by atoms with van der Waals surface area (Å²) in [4.78, 5) is 13.9. The zero-order valence-electron chi connectivity index (χ0n) is 11.7. The van der Waals surface area contributed by atoms with Crippen LogP contribution in [0, 0.1) is 13.8 Å². The molecule has 3 heteroatoms. The summed E-state index contributed by atoms with van der Waals surface area (Å²) in [5.74, 6) is 0.591. The van der Waals surface area contributed by atoms with Gasteiger partial charge in [0.15, 0.2) is 0 Å². The number of anilines is 1. The van der Waals surface area contributed by atoms with Crippen molar-refractivity contribution in [3.8, 4) is 0 Å². The Morgan fingerprint density at radius 2 is 2.11 bits per heavy atom. The average molecular weight is 246 g/mol. The van der Waals surface area contributed by atoms with Crippen LogP contribution in [0.5, 0.6) is 0 Å². The Hall–Kier alpha value is -1.35. The molecule has 0 saturated carbocycles. The maximum atomic E-state index is 12.1. The molecule has 98 valence electrons. The van der Waals surface area contributed by atoms with Crippen LogP contribution < -0.4 is 10.2 Å². The van der Waals surface area contributed by atoms with Crippen molar-refractivity contribution >= 4 is 11.6 Å². The van der Waals surface area contributed by atoms with Crippen LogP contribution in [0.1, 0.15) is 35.4 Å². The van der Waals surface area contributed by atoms with Gasteiger partial charge in [-0.05, 0) is 56.5 Å². The molecule has 0 aromatic heterocycles. The number of amides is 1. The number of aryl methyl sites for hydroxylation is 1. The van der Waals surface area contributed by atoms with Crippen LogP contribution in [-0.2, 0) is 4.79 Å². The molecule has 0 radical (unpaired) electrons. The van der Waals surface area contributed by atoms with E-state index in [2.05, 4.69) is 31.3 Å². The highest BCUT2D eigenvalue weighted by Gasteiger charge is 2.30. The average Bonchev–Trinajstić information content (AvgIpc) is 2.35. The van der Waals surface area contributed by atoms with Crippen molar-refractivity contribution < 1.29 is 4.79 Å². The Morgan fingerprint density at radius 1 is 1.39 bits per heavy atom. The van der Waals surface area contributed by atoms with Crippen molar-refractivity contribution in [2.45, 2.75) is 32.6 Å². The van der Waals surface area contributed by atoms with Crippen LogP contribution in [0.3, 0.4) is 0 Å². The summed E-state index contributed by atoms with van der Waals surface area (Å²) in [6, 6.07) is 4.37. The Morgan fingerprint density at radius 3 is 2.78 bits per heavy atom. The first-order valence-corrected chi connectivity index (χ1v) is 6.57. The minimum Gasteiger partial charge on any atom is -0.320 e. The lowest BCUT2D eigenvalue weighted by Gasteiger charge is -2.33. The summed E-state index contributed by atoms with van der Waals surface area (Å²) >= 11 is 0. The van der Waals surface area contributed by atoms with Crippen LogP contribution in [-0.4, -0.2) is 26.5 Å². The van der Waals surface area contributed by atoms with Gasteiger partial charge in [0, 0.05) is 19.2 Å². The first kappa shape index (κ1) is 13.1. The van der Waals surface area contributed by atoms with Crippen molar-refractivity contribution in [1.82, 2.24) is 5.32 Å². The quantitative estimate of drug-likeness (QED) is 0.888. The molecule has 0 aliphatic carbocycles. The third-order valence-electron chi connectivity index (χ3n) is 4.05. The predicted octanol–water partition coefficient (Wildman–Crippen LogP) is 2.36. The van der Waals surface area contributed by atoms with E-state index >= 15 is 0 Å². The number of nitrogens with zero attached hydrogens (tertiary/aromatic N) is 1. The number of hydrogen-bond acceptors (Lipinski definition) is 2. The van der Waals surface area contributed by atoms with Crippen LogP contribution in [0.4, 0.5) is 5.69 Å². The molecule has 1 heterocycles. The topological polar surface area (TPSA) is 32.3 Å². The number of carbonyl (C=O) groups is 1. The molecular formula is C15H22N2O. The number of carbonyl (C=O) groups excluding carboxylic acids is 1. The standard InChI is InChI=1S/C15H22N2O/c1-10-5-6-13-12(7-8-16-3)9-14(18)17(4)15(13)11(10)2/h5-6,12,16H,7-9H2,1-4H3. The van der Waals surface area contributed by atoms with Crippen molar-refractivity contribution in [1.29, 1.82) is 0 Å². The Balaban J connectivity index is 2.45. The zero-order chi connectivity index (χ0) is 13.3. The lowest BCUT2D eigenvalue weighted by molar-refractivity contribution is -0.119. The van der Waals surface area contributed by atoms with E-state index in [9.17, 15) is 4.79 Å². The lowest BCUT2D eigenvalue weighted by atomic mass is 9.84. The molecule has 0 saturated heterocycles. The summed E-state index contributed by atoms with van der Waals surface area (Å²) in [6.07, 6.45) is 1.65. The third-order valence-corrected chi connectivity index (χ3v) is 4.05. The maximum Gasteiger partial charge on any atom is 0.227 e. The molecule has 1 N–H and O–H groups in total. The predicted molar refractivity (Wildman–Crippen MR) is 75.2 cm³/mol. The smallest absolute Gasteiger partial charge is 0.227 e. The van der Waals surface area contributed by atoms with Gasteiger partial charge in [0.1, 0.15) is 0 Å². The van der Waals surface area contributed by atoms with Crippen molar-refractivity contribution in [3.05, 3.63) is 28.8 Å². The van der Waals surface area contributed by atoms with Gasteiger partial charge in [0.25, 0.3) is 0 Å². The second-order valence-corrected chi connectivity index (χ2v) is 5.19. The fourth-order valence-corrected chi connectivity index (χ4v) is 2.76. The first-order valence-electron chi connectivity index (χ1n) is 6.57. The van der Waals surface area contributed by atoms with E-state index in [1.54, 1.807) is 0 Å². The van der Waals surface area contributed by atoms with Crippen LogP contribution in [0.25, 0.3) is 0 Å². The highest BCUT2D eigenvalue weighted by atomic mass is 16.2. The molecule has 3 nitrogen and oxygen atoms in total. The molecule has 1 aromatic rings. The first-order chi connectivity index (χ1) is 8.56. The summed E-state index contributed by atoms with van der Waals surface area (Å²) in [7, 11) is 3.85. The van der Waals surface area contributed by atoms with E-state index in [4.69, 9.17) is 0 Å². The van der Waals surface area contributed by atoms with E-state index in [0.29, 0.717) is 12.3 Å². The van der Waals surface area contributed by atoms with Crippen molar-refractivity contribution in [2.24, 2.45) is 0 Å². The van der Waals surface area contributed by atoms with Gasteiger partial charge >= 0.3 is 0 Å². The number of nitrogens with one attached hydrogen (secondary N) is 1. The number of benzene rings is 1. The Labute approximate surface area is 109 Å². The SMILES string of the molecule is CNCCC1CC(=O)N(C)c2c1ccc(C)c2C. The Bertz CT molecular complexity index is 468. The van der Waals surface area contributed by atoms with Gasteiger partial charge in [0.2, 0.25) is 5.91 Å². The normalized spacial score (nSPS) is 19.0.